The van der Waals surface area contributed by atoms with Crippen LogP contribution in [0.15, 0.2) is 11.4 Å². The van der Waals surface area contributed by atoms with Crippen molar-refractivity contribution in [1.29, 1.82) is 0 Å². The van der Waals surface area contributed by atoms with Crippen LogP contribution in [0, 0.1) is 13.8 Å². The molecule has 1 aliphatic rings. The predicted octanol–water partition coefficient (Wildman–Crippen LogP) is 3.73. The van der Waals surface area contributed by atoms with Gasteiger partial charge in [0.05, 0.1) is 15.6 Å². The van der Waals surface area contributed by atoms with Gasteiger partial charge in [0.2, 0.25) is 0 Å². The average molecular weight is 364 g/mol. The van der Waals surface area contributed by atoms with E-state index < -0.39 is 0 Å². The van der Waals surface area contributed by atoms with Gasteiger partial charge in [-0.05, 0) is 31.9 Å². The van der Waals surface area contributed by atoms with Crippen LogP contribution >= 0.6 is 22.7 Å². The summed E-state index contributed by atoms with van der Waals surface area (Å²) in [4.78, 5) is 23.9. The van der Waals surface area contributed by atoms with Crippen LogP contribution in [-0.2, 0) is 13.0 Å². The zero-order chi connectivity index (χ0) is 17.1. The lowest BCUT2D eigenvalue weighted by Crippen LogP contribution is -2.48. The lowest BCUT2D eigenvalue weighted by molar-refractivity contribution is 0.0632. The molecular weight excluding hydrogens is 338 g/mol. The Labute approximate surface area is 152 Å². The number of amides is 1. The van der Waals surface area contributed by atoms with Crippen molar-refractivity contribution in [3.8, 4) is 0 Å². The number of carbonyl (C=O) groups is 1. The van der Waals surface area contributed by atoms with Crippen molar-refractivity contribution in [2.24, 2.45) is 0 Å². The molecule has 0 aromatic carbocycles. The normalized spacial score (nSPS) is 15.9. The molecule has 130 valence electrons. The topological polar surface area (TPSA) is 36.4 Å². The fraction of sp³-hybridized carbons (Fsp3) is 0.556. The molecule has 3 heterocycles. The molecule has 0 N–H and O–H groups in total. The summed E-state index contributed by atoms with van der Waals surface area (Å²) in [6, 6.07) is 2.11. The molecule has 1 saturated heterocycles. The number of piperazine rings is 1. The van der Waals surface area contributed by atoms with Crippen LogP contribution in [0.2, 0.25) is 0 Å². The largest absolute Gasteiger partial charge is 0.335 e. The maximum absolute atomic E-state index is 12.7. The van der Waals surface area contributed by atoms with Crippen molar-refractivity contribution in [2.75, 3.05) is 26.2 Å². The van der Waals surface area contributed by atoms with Crippen molar-refractivity contribution in [3.05, 3.63) is 37.5 Å². The molecule has 1 fully saturated rings. The number of aryl methyl sites for hydroxylation is 3. The molecule has 1 aliphatic heterocycles. The first kappa shape index (κ1) is 17.6. The molecule has 0 saturated carbocycles. The highest BCUT2D eigenvalue weighted by Crippen LogP contribution is 2.24. The molecule has 0 radical (unpaired) electrons. The molecule has 0 bridgehead atoms. The number of carbonyl (C=O) groups excluding carboxylic acids is 1. The Kier molecular flexibility index (Phi) is 5.69. The Morgan fingerprint density at radius 1 is 1.25 bits per heavy atom. The molecule has 1 amide bonds. The van der Waals surface area contributed by atoms with E-state index >= 15 is 0 Å². The highest BCUT2D eigenvalue weighted by Gasteiger charge is 2.24. The van der Waals surface area contributed by atoms with Gasteiger partial charge in [0.1, 0.15) is 0 Å². The van der Waals surface area contributed by atoms with Gasteiger partial charge in [0.25, 0.3) is 5.91 Å². The Morgan fingerprint density at radius 2 is 2.00 bits per heavy atom. The molecule has 0 unspecified atom stereocenters. The van der Waals surface area contributed by atoms with E-state index in [0.717, 1.165) is 61.1 Å². The zero-order valence-corrected chi connectivity index (χ0v) is 16.3. The van der Waals surface area contributed by atoms with Crippen LogP contribution in [0.5, 0.6) is 0 Å². The molecule has 0 aliphatic carbocycles. The summed E-state index contributed by atoms with van der Waals surface area (Å²) >= 11 is 3.35. The van der Waals surface area contributed by atoms with Gasteiger partial charge in [-0.2, -0.15) is 0 Å². The summed E-state index contributed by atoms with van der Waals surface area (Å²) in [5.41, 5.74) is 2.48. The fourth-order valence-electron chi connectivity index (χ4n) is 3.12. The molecule has 0 spiro atoms. The van der Waals surface area contributed by atoms with E-state index in [4.69, 9.17) is 0 Å². The molecule has 24 heavy (non-hydrogen) atoms. The van der Waals surface area contributed by atoms with Crippen LogP contribution in [0.3, 0.4) is 0 Å². The molecule has 3 rings (SSSR count). The van der Waals surface area contributed by atoms with E-state index in [2.05, 4.69) is 35.2 Å². The second-order valence-electron chi connectivity index (χ2n) is 6.37. The molecule has 2 aromatic rings. The molecule has 2 aromatic heterocycles. The smallest absolute Gasteiger partial charge is 0.264 e. The second-order valence-corrected chi connectivity index (χ2v) is 8.69. The number of thiazole rings is 1. The first-order chi connectivity index (χ1) is 11.6. The van der Waals surface area contributed by atoms with E-state index in [-0.39, 0.29) is 5.91 Å². The third kappa shape index (κ3) is 4.05. The molecular formula is C18H25N3OS2. The summed E-state index contributed by atoms with van der Waals surface area (Å²) in [5.74, 6) is 0.203. The van der Waals surface area contributed by atoms with Gasteiger partial charge in [0, 0.05) is 43.0 Å². The van der Waals surface area contributed by atoms with Crippen LogP contribution in [0.25, 0.3) is 0 Å². The standard InChI is InChI=1S/C18H25N3OS2/c1-4-5-15-10-17(24-13(15)2)18(22)21-8-6-20(7-9-21)11-16-12-23-14(3)19-16/h10,12H,4-9,11H2,1-3H3. The van der Waals surface area contributed by atoms with Crippen LogP contribution in [-0.4, -0.2) is 46.9 Å². The molecule has 0 atom stereocenters. The minimum absolute atomic E-state index is 0.203. The Hall–Kier alpha value is -1.24. The lowest BCUT2D eigenvalue weighted by atomic mass is 10.1. The van der Waals surface area contributed by atoms with E-state index in [9.17, 15) is 4.79 Å². The number of aromatic nitrogens is 1. The van der Waals surface area contributed by atoms with E-state index in [1.54, 1.807) is 22.7 Å². The number of rotatable bonds is 5. The predicted molar refractivity (Wildman–Crippen MR) is 101 cm³/mol. The van der Waals surface area contributed by atoms with Crippen LogP contribution in [0.1, 0.15) is 44.2 Å². The van der Waals surface area contributed by atoms with Gasteiger partial charge >= 0.3 is 0 Å². The third-order valence-electron chi connectivity index (χ3n) is 4.46. The minimum atomic E-state index is 0.203. The van der Waals surface area contributed by atoms with Gasteiger partial charge < -0.3 is 4.90 Å². The van der Waals surface area contributed by atoms with Gasteiger partial charge in [0.15, 0.2) is 0 Å². The van der Waals surface area contributed by atoms with Gasteiger partial charge in [-0.1, -0.05) is 13.3 Å². The van der Waals surface area contributed by atoms with Crippen molar-refractivity contribution in [2.45, 2.75) is 40.2 Å². The number of hydrogen-bond acceptors (Lipinski definition) is 5. The monoisotopic (exact) mass is 363 g/mol. The summed E-state index contributed by atoms with van der Waals surface area (Å²) in [7, 11) is 0. The highest BCUT2D eigenvalue weighted by molar-refractivity contribution is 7.14. The van der Waals surface area contributed by atoms with Gasteiger partial charge in [-0.3, -0.25) is 9.69 Å². The Morgan fingerprint density at radius 3 is 2.62 bits per heavy atom. The van der Waals surface area contributed by atoms with Crippen LogP contribution in [0.4, 0.5) is 0 Å². The van der Waals surface area contributed by atoms with Gasteiger partial charge in [-0.25, -0.2) is 4.98 Å². The molecule has 4 nitrogen and oxygen atoms in total. The summed E-state index contributed by atoms with van der Waals surface area (Å²) < 4.78 is 0. The third-order valence-corrected chi connectivity index (χ3v) is 6.37. The number of thiophene rings is 1. The first-order valence-electron chi connectivity index (χ1n) is 8.58. The zero-order valence-electron chi connectivity index (χ0n) is 14.7. The van der Waals surface area contributed by atoms with E-state index in [0.29, 0.717) is 0 Å². The SMILES string of the molecule is CCCc1cc(C(=O)N2CCN(Cc3csc(C)n3)CC2)sc1C. The summed E-state index contributed by atoms with van der Waals surface area (Å²) in [5, 5.41) is 3.26. The summed E-state index contributed by atoms with van der Waals surface area (Å²) in [6.45, 7) is 10.7. The summed E-state index contributed by atoms with van der Waals surface area (Å²) in [6.07, 6.45) is 2.19. The Bertz CT molecular complexity index is 699. The van der Waals surface area contributed by atoms with Crippen molar-refractivity contribution in [1.82, 2.24) is 14.8 Å². The maximum Gasteiger partial charge on any atom is 0.264 e. The van der Waals surface area contributed by atoms with Crippen molar-refractivity contribution in [3.63, 3.8) is 0 Å². The number of nitrogens with zero attached hydrogens (tertiary/aromatic N) is 3. The first-order valence-corrected chi connectivity index (χ1v) is 10.3. The Balaban J connectivity index is 1.56. The molecule has 6 heteroatoms. The maximum atomic E-state index is 12.7. The lowest BCUT2D eigenvalue weighted by Gasteiger charge is -2.34. The van der Waals surface area contributed by atoms with E-state index in [1.165, 1.54) is 10.4 Å². The fourth-order valence-corrected chi connectivity index (χ4v) is 4.76. The second kappa shape index (κ2) is 7.76. The minimum Gasteiger partial charge on any atom is -0.335 e. The number of hydrogen-bond donors (Lipinski definition) is 0. The van der Waals surface area contributed by atoms with Crippen LogP contribution < -0.4 is 0 Å². The van der Waals surface area contributed by atoms with E-state index in [1.807, 2.05) is 11.8 Å². The quantitative estimate of drug-likeness (QED) is 0.812. The van der Waals surface area contributed by atoms with Crippen molar-refractivity contribution < 1.29 is 4.79 Å². The average Bonchev–Trinajstić information content (AvgIpc) is 3.14. The van der Waals surface area contributed by atoms with Crippen molar-refractivity contribution >= 4 is 28.6 Å². The van der Waals surface area contributed by atoms with Gasteiger partial charge in [-0.15, -0.1) is 22.7 Å². The highest BCUT2D eigenvalue weighted by atomic mass is 32.1.